The molecule has 3 atom stereocenters. The quantitative estimate of drug-likeness (QED) is 0.0377. The molecule has 2 aliphatic rings. The minimum absolute atomic E-state index is 0. The van der Waals surface area contributed by atoms with E-state index in [0.717, 1.165) is 16.2 Å². The fraction of sp³-hybridized carbons (Fsp3) is 0.222. The van der Waals surface area contributed by atoms with Crippen molar-refractivity contribution in [3.8, 4) is 0 Å². The third-order valence-electron chi connectivity index (χ3n) is 6.55. The number of nitrogens with one attached hydrogen (secondary N) is 2. The summed E-state index contributed by atoms with van der Waals surface area (Å²) in [6, 6.07) is 10.6. The van der Waals surface area contributed by atoms with Gasteiger partial charge in [0.25, 0.3) is 11.8 Å². The summed E-state index contributed by atoms with van der Waals surface area (Å²) in [6.07, 6.45) is 2.02. The molecule has 3 aromatic rings. The van der Waals surface area contributed by atoms with Crippen LogP contribution < -0.4 is 55.8 Å². The van der Waals surface area contributed by atoms with E-state index in [0.29, 0.717) is 17.1 Å². The molecule has 1 fully saturated rings. The Morgan fingerprint density at radius 2 is 1.98 bits per heavy atom. The summed E-state index contributed by atoms with van der Waals surface area (Å²) in [6.45, 7) is 0. The summed E-state index contributed by atoms with van der Waals surface area (Å²) < 4.78 is 1.76. The van der Waals surface area contributed by atoms with Crippen LogP contribution in [0.4, 0.5) is 5.13 Å². The number of benzene rings is 1. The number of oxime groups is 1. The number of amides is 2. The SMILES string of the molecule is CN[n+]1ccc(SCC2=C(C(=O)O)N3C(=O)[C@@H](NC(=O)/C(=N/OC(C(=O)[O-])c4ccccc4)c4csc(N)n4)[C@H]3SC2)cc1.[Na+]. The smallest absolute Gasteiger partial charge is 0.546 e. The summed E-state index contributed by atoms with van der Waals surface area (Å²) in [5.74, 6) is -3.64. The van der Waals surface area contributed by atoms with Crippen LogP contribution in [0.1, 0.15) is 17.4 Å². The number of rotatable bonds is 12. The first-order valence-electron chi connectivity index (χ1n) is 12.9. The van der Waals surface area contributed by atoms with Crippen LogP contribution in [0.25, 0.3) is 0 Å². The predicted octanol–water partition coefficient (Wildman–Crippen LogP) is -3.07. The number of pyridine rings is 1. The van der Waals surface area contributed by atoms with Gasteiger partial charge in [-0.3, -0.25) is 14.5 Å². The van der Waals surface area contributed by atoms with Gasteiger partial charge in [0.2, 0.25) is 12.4 Å². The molecule has 0 aliphatic carbocycles. The van der Waals surface area contributed by atoms with Crippen molar-refractivity contribution in [3.63, 3.8) is 0 Å². The van der Waals surface area contributed by atoms with Crippen molar-refractivity contribution in [1.29, 1.82) is 0 Å². The van der Waals surface area contributed by atoms with E-state index in [1.54, 1.807) is 29.9 Å². The summed E-state index contributed by atoms with van der Waals surface area (Å²) in [5, 5.41) is 29.0. The maximum absolute atomic E-state index is 13.4. The largest absolute Gasteiger partial charge is 1.00 e. The zero-order valence-corrected chi connectivity index (χ0v) is 28.4. The number of aliphatic carboxylic acids is 2. The molecular weight excluding hydrogens is 654 g/mol. The average Bonchev–Trinajstić information content (AvgIpc) is 3.46. The van der Waals surface area contributed by atoms with Crippen molar-refractivity contribution in [2.45, 2.75) is 22.4 Å². The molecule has 1 saturated heterocycles. The maximum atomic E-state index is 13.4. The van der Waals surface area contributed by atoms with E-state index >= 15 is 0 Å². The van der Waals surface area contributed by atoms with E-state index in [4.69, 9.17) is 10.6 Å². The number of nitrogen functional groups attached to an aromatic ring is 1. The number of thiazole rings is 1. The number of aromatic nitrogens is 2. The van der Waals surface area contributed by atoms with Crippen LogP contribution >= 0.6 is 34.9 Å². The molecule has 1 unspecified atom stereocenters. The number of nitrogens with two attached hydrogens (primary N) is 1. The molecule has 0 saturated carbocycles. The Labute approximate surface area is 291 Å². The van der Waals surface area contributed by atoms with Gasteiger partial charge in [0.1, 0.15) is 22.8 Å². The number of carboxylic acid groups (broad SMARTS) is 2. The Balaban J connectivity index is 0.00000461. The zero-order valence-electron chi connectivity index (χ0n) is 23.9. The van der Waals surface area contributed by atoms with Crippen LogP contribution in [0.15, 0.2) is 81.6 Å². The van der Waals surface area contributed by atoms with Crippen LogP contribution in [0.5, 0.6) is 0 Å². The Kier molecular flexibility index (Phi) is 11.5. The number of nitrogens with zero attached hydrogens (tertiary/aromatic N) is 4. The molecule has 4 heterocycles. The number of carbonyl (C=O) groups is 4. The van der Waals surface area contributed by atoms with Crippen LogP contribution in [-0.4, -0.2) is 74.4 Å². The van der Waals surface area contributed by atoms with E-state index in [-0.39, 0.29) is 51.6 Å². The molecule has 18 heteroatoms. The first kappa shape index (κ1) is 34.3. The molecule has 45 heavy (non-hydrogen) atoms. The van der Waals surface area contributed by atoms with Gasteiger partial charge in [0.15, 0.2) is 16.9 Å². The van der Waals surface area contributed by atoms with Gasteiger partial charge in [0, 0.05) is 39.5 Å². The van der Waals surface area contributed by atoms with Crippen molar-refractivity contribution in [1.82, 2.24) is 15.2 Å². The van der Waals surface area contributed by atoms with Gasteiger partial charge in [-0.1, -0.05) is 40.2 Å². The molecule has 2 aromatic heterocycles. The molecular formula is C27H25N7NaO7S3+. The number of anilines is 1. The molecule has 2 amide bonds. The normalized spacial score (nSPS) is 18.2. The van der Waals surface area contributed by atoms with Crippen molar-refractivity contribution in [2.75, 3.05) is 29.7 Å². The van der Waals surface area contributed by atoms with Crippen LogP contribution in [-0.2, 0) is 24.0 Å². The molecule has 0 spiro atoms. The minimum atomic E-state index is -1.63. The van der Waals surface area contributed by atoms with E-state index in [2.05, 4.69) is 20.9 Å². The van der Waals surface area contributed by atoms with Crippen LogP contribution in [0.3, 0.4) is 0 Å². The van der Waals surface area contributed by atoms with E-state index < -0.39 is 47.0 Å². The Morgan fingerprint density at radius 3 is 2.58 bits per heavy atom. The van der Waals surface area contributed by atoms with Crippen LogP contribution in [0.2, 0.25) is 0 Å². The number of carboxylic acids is 2. The number of hydrogen-bond acceptors (Lipinski definition) is 13. The predicted molar refractivity (Wildman–Crippen MR) is 161 cm³/mol. The van der Waals surface area contributed by atoms with Crippen molar-refractivity contribution in [2.24, 2.45) is 5.16 Å². The van der Waals surface area contributed by atoms with Crippen molar-refractivity contribution in [3.05, 3.63) is 82.8 Å². The molecule has 228 valence electrons. The molecule has 5 N–H and O–H groups in total. The third-order valence-corrected chi connectivity index (χ3v) is 9.66. The Morgan fingerprint density at radius 1 is 1.27 bits per heavy atom. The molecule has 0 radical (unpaired) electrons. The number of fused-ring (bicyclic) bond motifs is 1. The second-order valence-corrected chi connectivity index (χ2v) is 12.3. The molecule has 2 aliphatic heterocycles. The molecule has 1 aromatic carbocycles. The Bertz CT molecular complexity index is 1650. The number of thioether (sulfide) groups is 2. The summed E-state index contributed by atoms with van der Waals surface area (Å²) >= 11 is 3.78. The van der Waals surface area contributed by atoms with Gasteiger partial charge < -0.3 is 30.9 Å². The molecule has 5 rings (SSSR count). The van der Waals surface area contributed by atoms with Gasteiger partial charge >= 0.3 is 35.5 Å². The summed E-state index contributed by atoms with van der Waals surface area (Å²) in [4.78, 5) is 62.1. The first-order valence-corrected chi connectivity index (χ1v) is 15.8. The number of β-lactam (4-membered cyclic amide) rings is 1. The van der Waals surface area contributed by atoms with Gasteiger partial charge in [-0.15, -0.1) is 34.9 Å². The second-order valence-electron chi connectivity index (χ2n) is 9.30. The second kappa shape index (κ2) is 15.1. The fourth-order valence-corrected chi connectivity index (χ4v) is 7.32. The van der Waals surface area contributed by atoms with Crippen molar-refractivity contribution >= 4 is 69.5 Å². The summed E-state index contributed by atoms with van der Waals surface area (Å²) in [7, 11) is 1.78. The van der Waals surface area contributed by atoms with Gasteiger partial charge in [0.05, 0.1) is 13.0 Å². The average molecular weight is 679 g/mol. The maximum Gasteiger partial charge on any atom is 1.00 e. The van der Waals surface area contributed by atoms with E-state index in [9.17, 15) is 29.4 Å². The third kappa shape index (κ3) is 7.62. The summed E-state index contributed by atoms with van der Waals surface area (Å²) in [5.41, 5.74) is 8.98. The molecule has 0 bridgehead atoms. The van der Waals surface area contributed by atoms with E-state index in [1.165, 1.54) is 45.9 Å². The fourth-order valence-electron chi connectivity index (χ4n) is 4.41. The standard InChI is InChI=1S/C27H25N7O7S3.Na/c1-29-33-9-7-16(8-10-33)42-11-15-12-43-24-19(23(36)34(24)20(15)25(37)38)31-22(35)18(17-13-44-27(28)30-17)32-41-21(26(39)40)14-5-3-2-4-6-14;/h2-10,13,19,21,24,29H,11-12H2,1H3,(H4-,28,30,31,35,37,38,39,40);/q;+1/b32-18+;/t19-,21?,24-;/m1./s1. The zero-order chi connectivity index (χ0) is 31.4. The van der Waals surface area contributed by atoms with Crippen molar-refractivity contribution < 1.29 is 68.5 Å². The van der Waals surface area contributed by atoms with E-state index in [1.807, 2.05) is 24.5 Å². The first-order chi connectivity index (χ1) is 21.2. The van der Waals surface area contributed by atoms with Gasteiger partial charge in [-0.2, -0.15) is 5.43 Å². The minimum Gasteiger partial charge on any atom is -0.546 e. The van der Waals surface area contributed by atoms with Gasteiger partial charge in [-0.25, -0.2) is 9.78 Å². The van der Waals surface area contributed by atoms with Crippen LogP contribution in [0, 0.1) is 0 Å². The number of carbonyl (C=O) groups excluding carboxylic acids is 3. The molecule has 14 nitrogen and oxygen atoms in total. The number of hydrogen-bond donors (Lipinski definition) is 4. The topological polar surface area (TPSA) is 203 Å². The monoisotopic (exact) mass is 678 g/mol. The van der Waals surface area contributed by atoms with Gasteiger partial charge in [-0.05, 0) is 5.57 Å². The Hall–Kier alpha value is -3.61.